The molecular weight excluding hydrogens is 174 g/mol. The highest BCUT2D eigenvalue weighted by atomic mass is 28.3. The normalized spacial score (nSPS) is 22.2. The fourth-order valence-electron chi connectivity index (χ4n) is 3.24. The Hall–Kier alpha value is 0.177. The number of rotatable bonds is 3. The van der Waals surface area contributed by atoms with Gasteiger partial charge in [0, 0.05) is 0 Å². The summed E-state index contributed by atoms with van der Waals surface area (Å²) in [5.74, 6) is 0. The highest BCUT2D eigenvalue weighted by Gasteiger charge is 2.39. The summed E-state index contributed by atoms with van der Waals surface area (Å²) in [5.41, 5.74) is 0. The SMILES string of the molecule is CC(C)N(C(C)C)[Si]1(C)CCCC1. The first-order valence-electron chi connectivity index (χ1n) is 5.76. The average Bonchev–Trinajstić information content (AvgIpc) is 2.33. The quantitative estimate of drug-likeness (QED) is 0.629. The Morgan fingerprint density at radius 2 is 1.31 bits per heavy atom. The zero-order chi connectivity index (χ0) is 10.1. The third-order valence-corrected chi connectivity index (χ3v) is 8.56. The zero-order valence-electron chi connectivity index (χ0n) is 9.93. The van der Waals surface area contributed by atoms with Gasteiger partial charge in [-0.05, 0) is 24.2 Å². The van der Waals surface area contributed by atoms with Crippen LogP contribution in [0.1, 0.15) is 40.5 Å². The van der Waals surface area contributed by atoms with Gasteiger partial charge in [-0.15, -0.1) is 0 Å². The maximum Gasteiger partial charge on any atom is 0.125 e. The van der Waals surface area contributed by atoms with Crippen LogP contribution in [0.15, 0.2) is 0 Å². The Kier molecular flexibility index (Phi) is 3.58. The van der Waals surface area contributed by atoms with Crippen molar-refractivity contribution in [1.82, 2.24) is 4.57 Å². The number of hydrogen-bond acceptors (Lipinski definition) is 1. The summed E-state index contributed by atoms with van der Waals surface area (Å²) in [6.07, 6.45) is 2.97. The van der Waals surface area contributed by atoms with Gasteiger partial charge in [0.1, 0.15) is 8.24 Å². The lowest BCUT2D eigenvalue weighted by Gasteiger charge is -2.43. The molecule has 1 fully saturated rings. The van der Waals surface area contributed by atoms with Gasteiger partial charge in [0.2, 0.25) is 0 Å². The van der Waals surface area contributed by atoms with E-state index in [0.717, 1.165) is 12.1 Å². The van der Waals surface area contributed by atoms with Crippen molar-refractivity contribution in [3.05, 3.63) is 0 Å². The van der Waals surface area contributed by atoms with Crippen LogP contribution >= 0.6 is 0 Å². The molecule has 0 spiro atoms. The molecule has 1 saturated heterocycles. The molecule has 1 rings (SSSR count). The van der Waals surface area contributed by atoms with E-state index in [-0.39, 0.29) is 0 Å². The Morgan fingerprint density at radius 3 is 1.62 bits per heavy atom. The Labute approximate surface area is 84.6 Å². The molecule has 1 nitrogen and oxygen atoms in total. The molecule has 0 aromatic carbocycles. The monoisotopic (exact) mass is 199 g/mol. The van der Waals surface area contributed by atoms with Gasteiger partial charge in [-0.1, -0.05) is 47.1 Å². The van der Waals surface area contributed by atoms with E-state index in [1.165, 1.54) is 24.9 Å². The van der Waals surface area contributed by atoms with Crippen LogP contribution in [0.25, 0.3) is 0 Å². The highest BCUT2D eigenvalue weighted by molar-refractivity contribution is 6.76. The van der Waals surface area contributed by atoms with Crippen LogP contribution in [-0.4, -0.2) is 24.9 Å². The van der Waals surface area contributed by atoms with Crippen molar-refractivity contribution in [2.24, 2.45) is 0 Å². The third kappa shape index (κ3) is 2.35. The molecule has 0 unspecified atom stereocenters. The zero-order valence-corrected chi connectivity index (χ0v) is 10.9. The molecule has 13 heavy (non-hydrogen) atoms. The van der Waals surface area contributed by atoms with Crippen LogP contribution in [0.3, 0.4) is 0 Å². The smallest absolute Gasteiger partial charge is 0.125 e. The van der Waals surface area contributed by atoms with Crippen LogP contribution in [0.4, 0.5) is 0 Å². The van der Waals surface area contributed by atoms with Crippen molar-refractivity contribution in [3.63, 3.8) is 0 Å². The van der Waals surface area contributed by atoms with Crippen LogP contribution < -0.4 is 0 Å². The Balaban J connectivity index is 2.73. The molecule has 0 radical (unpaired) electrons. The first-order chi connectivity index (χ1) is 5.97. The van der Waals surface area contributed by atoms with Gasteiger partial charge in [-0.3, -0.25) is 0 Å². The molecule has 0 aromatic rings. The minimum atomic E-state index is -1.01. The van der Waals surface area contributed by atoms with Gasteiger partial charge in [0.15, 0.2) is 0 Å². The summed E-state index contributed by atoms with van der Waals surface area (Å²) in [4.78, 5) is 0. The molecule has 0 atom stereocenters. The van der Waals surface area contributed by atoms with Gasteiger partial charge in [-0.25, -0.2) is 0 Å². The van der Waals surface area contributed by atoms with E-state index >= 15 is 0 Å². The summed E-state index contributed by atoms with van der Waals surface area (Å²) in [7, 11) is -1.01. The number of hydrogen-bond donors (Lipinski definition) is 0. The lowest BCUT2D eigenvalue weighted by Crippen LogP contribution is -2.55. The summed E-state index contributed by atoms with van der Waals surface area (Å²) in [6.45, 7) is 12.0. The van der Waals surface area contributed by atoms with Crippen molar-refractivity contribution < 1.29 is 0 Å². The second kappa shape index (κ2) is 4.14. The number of nitrogens with zero attached hydrogens (tertiary/aromatic N) is 1. The molecule has 1 heterocycles. The van der Waals surface area contributed by atoms with Gasteiger partial charge >= 0.3 is 0 Å². The maximum absolute atomic E-state index is 2.83. The van der Waals surface area contributed by atoms with Gasteiger partial charge in [0.05, 0.1) is 0 Å². The van der Waals surface area contributed by atoms with E-state index in [1.807, 2.05) is 0 Å². The molecule has 0 aromatic heterocycles. The predicted molar refractivity (Wildman–Crippen MR) is 62.6 cm³/mol. The Bertz CT molecular complexity index is 151. The first-order valence-corrected chi connectivity index (χ1v) is 8.62. The van der Waals surface area contributed by atoms with E-state index < -0.39 is 8.24 Å². The predicted octanol–water partition coefficient (Wildman–Crippen LogP) is 3.47. The summed E-state index contributed by atoms with van der Waals surface area (Å²) in [5, 5.41) is 0. The fraction of sp³-hybridized carbons (Fsp3) is 1.00. The van der Waals surface area contributed by atoms with Crippen LogP contribution in [0, 0.1) is 0 Å². The summed E-state index contributed by atoms with van der Waals surface area (Å²) in [6, 6.07) is 4.55. The van der Waals surface area contributed by atoms with Crippen molar-refractivity contribution in [1.29, 1.82) is 0 Å². The van der Waals surface area contributed by atoms with Crippen molar-refractivity contribution in [3.8, 4) is 0 Å². The molecule has 0 aliphatic carbocycles. The van der Waals surface area contributed by atoms with Gasteiger partial charge in [-0.2, -0.15) is 0 Å². The minimum absolute atomic E-state index is 0.745. The standard InChI is InChI=1S/C11H25NSi/c1-10(2)12(11(3)4)13(5)8-6-7-9-13/h10-11H,6-9H2,1-5H3. The van der Waals surface area contributed by atoms with E-state index in [4.69, 9.17) is 0 Å². The van der Waals surface area contributed by atoms with Crippen LogP contribution in [0.2, 0.25) is 18.6 Å². The first kappa shape index (κ1) is 11.3. The van der Waals surface area contributed by atoms with E-state index in [9.17, 15) is 0 Å². The molecule has 2 heteroatoms. The molecule has 78 valence electrons. The molecule has 0 amide bonds. The van der Waals surface area contributed by atoms with E-state index in [0.29, 0.717) is 0 Å². The molecule has 0 bridgehead atoms. The molecule has 0 saturated carbocycles. The van der Waals surface area contributed by atoms with Crippen molar-refractivity contribution in [2.75, 3.05) is 0 Å². The molecule has 1 aliphatic rings. The Morgan fingerprint density at radius 1 is 0.923 bits per heavy atom. The van der Waals surface area contributed by atoms with Gasteiger partial charge in [0.25, 0.3) is 0 Å². The minimum Gasteiger partial charge on any atom is -0.319 e. The van der Waals surface area contributed by atoms with Crippen LogP contribution in [0.5, 0.6) is 0 Å². The average molecular weight is 199 g/mol. The summed E-state index contributed by atoms with van der Waals surface area (Å²) >= 11 is 0. The topological polar surface area (TPSA) is 3.24 Å². The second-order valence-electron chi connectivity index (χ2n) is 5.30. The molecule has 1 aliphatic heterocycles. The van der Waals surface area contributed by atoms with Gasteiger partial charge < -0.3 is 4.57 Å². The lowest BCUT2D eigenvalue weighted by atomic mass is 10.3. The van der Waals surface area contributed by atoms with Crippen LogP contribution in [-0.2, 0) is 0 Å². The van der Waals surface area contributed by atoms with Crippen molar-refractivity contribution >= 4 is 8.24 Å². The van der Waals surface area contributed by atoms with Crippen molar-refractivity contribution in [2.45, 2.75) is 71.3 Å². The van der Waals surface area contributed by atoms with E-state index in [2.05, 4.69) is 38.8 Å². The summed E-state index contributed by atoms with van der Waals surface area (Å²) < 4.78 is 2.83. The largest absolute Gasteiger partial charge is 0.319 e. The lowest BCUT2D eigenvalue weighted by molar-refractivity contribution is 0.293. The highest BCUT2D eigenvalue weighted by Crippen LogP contribution is 2.35. The third-order valence-electron chi connectivity index (χ3n) is 3.42. The maximum atomic E-state index is 2.83. The second-order valence-corrected chi connectivity index (χ2v) is 9.81. The molecular formula is C11H25NSi. The fourth-order valence-corrected chi connectivity index (χ4v) is 8.52. The molecule has 0 N–H and O–H groups in total. The van der Waals surface area contributed by atoms with E-state index in [1.54, 1.807) is 0 Å².